The van der Waals surface area contributed by atoms with Crippen LogP contribution in [-0.2, 0) is 20.8 Å². The van der Waals surface area contributed by atoms with E-state index in [9.17, 15) is 0 Å². The number of nitrogens with two attached hydrogens (primary N) is 1. The number of hydrogen-bond acceptors (Lipinski definition) is 6. The Labute approximate surface area is 120 Å². The fraction of sp³-hybridized carbons (Fsp3) is 0.643. The van der Waals surface area contributed by atoms with Crippen LogP contribution in [0.15, 0.2) is 12.3 Å². The number of nitrogens with zero attached hydrogens (tertiary/aromatic N) is 1. The number of methoxy groups -OCH3 is 1. The first-order valence-electron chi connectivity index (χ1n) is 6.71. The average molecular weight is 284 g/mol. The van der Waals surface area contributed by atoms with Gasteiger partial charge in [-0.05, 0) is 18.6 Å². The van der Waals surface area contributed by atoms with Gasteiger partial charge in [-0.25, -0.2) is 4.98 Å². The van der Waals surface area contributed by atoms with Crippen LogP contribution in [0.2, 0.25) is 0 Å². The van der Waals surface area contributed by atoms with Crippen LogP contribution in [0.5, 0.6) is 5.88 Å². The minimum atomic E-state index is 0.420. The predicted molar refractivity (Wildman–Crippen MR) is 75.9 cm³/mol. The van der Waals surface area contributed by atoms with E-state index in [2.05, 4.69) is 4.98 Å². The highest BCUT2D eigenvalue weighted by Gasteiger charge is 2.06. The highest BCUT2D eigenvalue weighted by molar-refractivity contribution is 5.33. The lowest BCUT2D eigenvalue weighted by atomic mass is 10.1. The van der Waals surface area contributed by atoms with Gasteiger partial charge in [0.05, 0.1) is 33.0 Å². The summed E-state index contributed by atoms with van der Waals surface area (Å²) in [4.78, 5) is 4.18. The standard InChI is InChI=1S/C14H24N2O4/c1-12-3-4-16-14(13(12)11-15)20-10-9-19-8-7-18-6-5-17-2/h3-4H,5-11,15H2,1-2H3. The molecule has 1 rings (SSSR count). The summed E-state index contributed by atoms with van der Waals surface area (Å²) >= 11 is 0. The fourth-order valence-corrected chi connectivity index (χ4v) is 1.60. The first kappa shape index (κ1) is 16.8. The molecule has 0 saturated carbocycles. The van der Waals surface area contributed by atoms with Crippen LogP contribution in [0, 0.1) is 6.92 Å². The van der Waals surface area contributed by atoms with Crippen molar-refractivity contribution in [2.75, 3.05) is 46.8 Å². The van der Waals surface area contributed by atoms with Crippen LogP contribution < -0.4 is 10.5 Å². The van der Waals surface area contributed by atoms with E-state index in [0.29, 0.717) is 52.1 Å². The van der Waals surface area contributed by atoms with Gasteiger partial charge in [0.15, 0.2) is 0 Å². The molecule has 6 nitrogen and oxygen atoms in total. The molecule has 0 spiro atoms. The Balaban J connectivity index is 2.11. The van der Waals surface area contributed by atoms with E-state index < -0.39 is 0 Å². The van der Waals surface area contributed by atoms with Crippen molar-refractivity contribution in [3.05, 3.63) is 23.4 Å². The third kappa shape index (κ3) is 6.29. The molecule has 0 unspecified atom stereocenters. The molecule has 6 heteroatoms. The van der Waals surface area contributed by atoms with Crippen LogP contribution in [0.1, 0.15) is 11.1 Å². The van der Waals surface area contributed by atoms with Crippen molar-refractivity contribution >= 4 is 0 Å². The summed E-state index contributed by atoms with van der Waals surface area (Å²) in [5, 5.41) is 0. The van der Waals surface area contributed by atoms with Gasteiger partial charge < -0.3 is 24.7 Å². The largest absolute Gasteiger partial charge is 0.475 e. The quantitative estimate of drug-likeness (QED) is 0.609. The first-order valence-corrected chi connectivity index (χ1v) is 6.71. The van der Waals surface area contributed by atoms with Crippen molar-refractivity contribution < 1.29 is 18.9 Å². The molecular formula is C14H24N2O4. The van der Waals surface area contributed by atoms with E-state index >= 15 is 0 Å². The van der Waals surface area contributed by atoms with Crippen molar-refractivity contribution in [3.8, 4) is 5.88 Å². The highest BCUT2D eigenvalue weighted by Crippen LogP contribution is 2.17. The van der Waals surface area contributed by atoms with Gasteiger partial charge in [-0.1, -0.05) is 0 Å². The Morgan fingerprint density at radius 2 is 1.70 bits per heavy atom. The molecule has 0 saturated heterocycles. The third-order valence-corrected chi connectivity index (χ3v) is 2.72. The van der Waals surface area contributed by atoms with E-state index in [-0.39, 0.29) is 0 Å². The van der Waals surface area contributed by atoms with Crippen molar-refractivity contribution in [2.24, 2.45) is 5.73 Å². The maximum absolute atomic E-state index is 5.68. The molecule has 1 aromatic heterocycles. The zero-order chi connectivity index (χ0) is 14.6. The lowest BCUT2D eigenvalue weighted by Crippen LogP contribution is -2.14. The molecular weight excluding hydrogens is 260 g/mol. The van der Waals surface area contributed by atoms with E-state index in [1.807, 2.05) is 13.0 Å². The summed E-state index contributed by atoms with van der Waals surface area (Å²) in [6.45, 7) is 5.63. The van der Waals surface area contributed by atoms with Crippen molar-refractivity contribution in [1.82, 2.24) is 4.98 Å². The van der Waals surface area contributed by atoms with Gasteiger partial charge in [0, 0.05) is 25.4 Å². The van der Waals surface area contributed by atoms with Crippen LogP contribution >= 0.6 is 0 Å². The number of aromatic nitrogens is 1. The Morgan fingerprint density at radius 1 is 1.05 bits per heavy atom. The van der Waals surface area contributed by atoms with Gasteiger partial charge in [-0.15, -0.1) is 0 Å². The van der Waals surface area contributed by atoms with Crippen molar-refractivity contribution in [1.29, 1.82) is 0 Å². The van der Waals surface area contributed by atoms with E-state index in [1.165, 1.54) is 0 Å². The summed E-state index contributed by atoms with van der Waals surface area (Å²) < 4.78 is 21.1. The number of rotatable bonds is 11. The molecule has 0 aromatic carbocycles. The second-order valence-electron chi connectivity index (χ2n) is 4.18. The maximum atomic E-state index is 5.68. The molecule has 20 heavy (non-hydrogen) atoms. The predicted octanol–water partition coefficient (Wildman–Crippen LogP) is 0.907. The van der Waals surface area contributed by atoms with E-state index in [1.54, 1.807) is 13.3 Å². The van der Waals surface area contributed by atoms with Gasteiger partial charge >= 0.3 is 0 Å². The second-order valence-corrected chi connectivity index (χ2v) is 4.18. The normalized spacial score (nSPS) is 10.8. The zero-order valence-corrected chi connectivity index (χ0v) is 12.3. The highest BCUT2D eigenvalue weighted by atomic mass is 16.6. The minimum Gasteiger partial charge on any atom is -0.475 e. The summed E-state index contributed by atoms with van der Waals surface area (Å²) in [6, 6.07) is 1.92. The number of pyridine rings is 1. The van der Waals surface area contributed by atoms with Crippen LogP contribution in [0.4, 0.5) is 0 Å². The maximum Gasteiger partial charge on any atom is 0.218 e. The Bertz CT molecular complexity index is 374. The summed E-state index contributed by atoms with van der Waals surface area (Å²) in [7, 11) is 1.64. The van der Waals surface area contributed by atoms with E-state index in [4.69, 9.17) is 24.7 Å². The SMILES string of the molecule is COCCOCCOCCOc1nccc(C)c1CN. The second kappa shape index (κ2) is 10.6. The van der Waals surface area contributed by atoms with Gasteiger partial charge in [-0.2, -0.15) is 0 Å². The number of ether oxygens (including phenoxy) is 4. The van der Waals surface area contributed by atoms with Gasteiger partial charge in [0.25, 0.3) is 0 Å². The average Bonchev–Trinajstić information content (AvgIpc) is 2.45. The van der Waals surface area contributed by atoms with Gasteiger partial charge in [0.2, 0.25) is 5.88 Å². The topological polar surface area (TPSA) is 75.8 Å². The molecule has 114 valence electrons. The van der Waals surface area contributed by atoms with Crippen LogP contribution in [0.25, 0.3) is 0 Å². The third-order valence-electron chi connectivity index (χ3n) is 2.72. The molecule has 2 N–H and O–H groups in total. The molecule has 0 aliphatic heterocycles. The molecule has 0 radical (unpaired) electrons. The molecule has 0 bridgehead atoms. The van der Waals surface area contributed by atoms with Crippen LogP contribution in [-0.4, -0.2) is 51.7 Å². The van der Waals surface area contributed by atoms with Gasteiger partial charge in [-0.3, -0.25) is 0 Å². The summed E-state index contributed by atoms with van der Waals surface area (Å²) in [5.74, 6) is 0.590. The molecule has 1 aromatic rings. The van der Waals surface area contributed by atoms with Crippen LogP contribution in [0.3, 0.4) is 0 Å². The summed E-state index contributed by atoms with van der Waals surface area (Å²) in [5.41, 5.74) is 7.71. The van der Waals surface area contributed by atoms with E-state index in [0.717, 1.165) is 11.1 Å². The molecule has 0 aliphatic rings. The summed E-state index contributed by atoms with van der Waals surface area (Å²) in [6.07, 6.45) is 1.72. The molecule has 1 heterocycles. The lowest BCUT2D eigenvalue weighted by molar-refractivity contribution is 0.0176. The molecule has 0 amide bonds. The first-order chi connectivity index (χ1) is 9.79. The minimum absolute atomic E-state index is 0.420. The Kier molecular flexibility index (Phi) is 8.90. The zero-order valence-electron chi connectivity index (χ0n) is 12.3. The molecule has 0 fully saturated rings. The fourth-order valence-electron chi connectivity index (χ4n) is 1.60. The monoisotopic (exact) mass is 284 g/mol. The Hall–Kier alpha value is -1.21. The molecule has 0 aliphatic carbocycles. The van der Waals surface area contributed by atoms with Gasteiger partial charge in [0.1, 0.15) is 6.61 Å². The number of hydrogen-bond donors (Lipinski definition) is 1. The van der Waals surface area contributed by atoms with Crippen molar-refractivity contribution in [3.63, 3.8) is 0 Å². The smallest absolute Gasteiger partial charge is 0.218 e. The van der Waals surface area contributed by atoms with Crippen molar-refractivity contribution in [2.45, 2.75) is 13.5 Å². The Morgan fingerprint density at radius 3 is 2.35 bits per heavy atom. The molecule has 0 atom stereocenters. The number of aryl methyl sites for hydroxylation is 1. The lowest BCUT2D eigenvalue weighted by Gasteiger charge is -2.11.